The zero-order valence-corrected chi connectivity index (χ0v) is 14.3. The normalized spacial score (nSPS) is 11.1. The van der Waals surface area contributed by atoms with Crippen LogP contribution in [0, 0.1) is 0 Å². The van der Waals surface area contributed by atoms with Crippen LogP contribution in [0.15, 0.2) is 0 Å². The van der Waals surface area contributed by atoms with E-state index in [1.165, 1.54) is 6.92 Å². The Morgan fingerprint density at radius 1 is 0.818 bits per heavy atom. The van der Waals surface area contributed by atoms with Gasteiger partial charge in [0.15, 0.2) is 0 Å². The predicted molar refractivity (Wildman–Crippen MR) is 87.1 cm³/mol. The molecule has 0 aromatic rings. The highest BCUT2D eigenvalue weighted by molar-refractivity contribution is 5.72. The molecule has 0 saturated heterocycles. The molecule has 3 N–H and O–H groups in total. The van der Waals surface area contributed by atoms with Crippen LogP contribution in [0.3, 0.4) is 0 Å². The number of carbonyl (C=O) groups is 1. The van der Waals surface area contributed by atoms with Gasteiger partial charge >= 0.3 is 0 Å². The van der Waals surface area contributed by atoms with E-state index in [2.05, 4.69) is 29.8 Å². The molecule has 0 heterocycles. The van der Waals surface area contributed by atoms with Gasteiger partial charge in [0, 0.05) is 39.1 Å². The van der Waals surface area contributed by atoms with E-state index in [9.17, 15) is 4.79 Å². The number of nitrogens with one attached hydrogen (secondary N) is 3. The third-order valence-corrected chi connectivity index (χ3v) is 2.64. The standard InChI is InChI=1S/C15H33N3O4/c1-14(2)17-6-10-22-13-12-21-9-5-16-4-8-20-11-7-18-15(3)19/h14,16-17H,4-13H2,1-3H3,(H,18,19). The van der Waals surface area contributed by atoms with E-state index in [0.717, 1.165) is 26.2 Å². The van der Waals surface area contributed by atoms with E-state index in [-0.39, 0.29) is 5.91 Å². The van der Waals surface area contributed by atoms with E-state index in [4.69, 9.17) is 14.2 Å². The predicted octanol–water partition coefficient (Wildman–Crippen LogP) is -0.240. The maximum absolute atomic E-state index is 10.6. The summed E-state index contributed by atoms with van der Waals surface area (Å²) in [6.07, 6.45) is 0. The van der Waals surface area contributed by atoms with Gasteiger partial charge in [-0.25, -0.2) is 0 Å². The highest BCUT2D eigenvalue weighted by Crippen LogP contribution is 1.80. The van der Waals surface area contributed by atoms with Crippen LogP contribution >= 0.6 is 0 Å². The molecule has 0 unspecified atom stereocenters. The van der Waals surface area contributed by atoms with Gasteiger partial charge in [0.1, 0.15) is 0 Å². The lowest BCUT2D eigenvalue weighted by atomic mass is 10.4. The van der Waals surface area contributed by atoms with Crippen LogP contribution in [-0.4, -0.2) is 77.8 Å². The minimum absolute atomic E-state index is 0.0287. The molecule has 1 amide bonds. The molecule has 7 heteroatoms. The van der Waals surface area contributed by atoms with Gasteiger partial charge < -0.3 is 30.2 Å². The molecule has 0 fully saturated rings. The summed E-state index contributed by atoms with van der Waals surface area (Å²) in [4.78, 5) is 10.6. The molecule has 0 saturated carbocycles. The quantitative estimate of drug-likeness (QED) is 0.341. The van der Waals surface area contributed by atoms with E-state index < -0.39 is 0 Å². The van der Waals surface area contributed by atoms with Crippen LogP contribution in [0.1, 0.15) is 20.8 Å². The Labute approximate surface area is 134 Å². The minimum Gasteiger partial charge on any atom is -0.378 e. The summed E-state index contributed by atoms with van der Waals surface area (Å²) in [5.41, 5.74) is 0. The van der Waals surface area contributed by atoms with Gasteiger partial charge in [-0.3, -0.25) is 4.79 Å². The molecule has 0 bridgehead atoms. The minimum atomic E-state index is -0.0287. The van der Waals surface area contributed by atoms with E-state index in [1.807, 2.05) is 0 Å². The molecular weight excluding hydrogens is 286 g/mol. The van der Waals surface area contributed by atoms with Crippen molar-refractivity contribution in [1.29, 1.82) is 0 Å². The molecule has 7 nitrogen and oxygen atoms in total. The second kappa shape index (κ2) is 16.6. The molecule has 0 aliphatic carbocycles. The Bertz CT molecular complexity index is 253. The number of carbonyl (C=O) groups excluding carboxylic acids is 1. The molecule has 0 spiro atoms. The zero-order valence-electron chi connectivity index (χ0n) is 14.3. The summed E-state index contributed by atoms with van der Waals surface area (Å²) in [5, 5.41) is 9.18. The van der Waals surface area contributed by atoms with Gasteiger partial charge in [-0.05, 0) is 0 Å². The Balaban J connectivity index is 2.98. The van der Waals surface area contributed by atoms with Crippen molar-refractivity contribution in [3.8, 4) is 0 Å². The van der Waals surface area contributed by atoms with Crippen molar-refractivity contribution in [3.63, 3.8) is 0 Å². The summed E-state index contributed by atoms with van der Waals surface area (Å²) in [6, 6.07) is 0.500. The maximum atomic E-state index is 10.6. The molecular formula is C15H33N3O4. The number of hydrogen-bond donors (Lipinski definition) is 3. The first kappa shape index (κ1) is 21.3. The Morgan fingerprint density at radius 2 is 1.32 bits per heavy atom. The topological polar surface area (TPSA) is 80.9 Å². The van der Waals surface area contributed by atoms with Gasteiger partial charge in [-0.1, -0.05) is 13.8 Å². The van der Waals surface area contributed by atoms with Crippen molar-refractivity contribution in [2.24, 2.45) is 0 Å². The van der Waals surface area contributed by atoms with E-state index in [1.54, 1.807) is 0 Å². The lowest BCUT2D eigenvalue weighted by molar-refractivity contribution is -0.119. The highest BCUT2D eigenvalue weighted by Gasteiger charge is 1.94. The van der Waals surface area contributed by atoms with E-state index >= 15 is 0 Å². The summed E-state index contributed by atoms with van der Waals surface area (Å²) in [5.74, 6) is -0.0287. The molecule has 132 valence electrons. The molecule has 0 aliphatic heterocycles. The number of amides is 1. The van der Waals surface area contributed by atoms with Gasteiger partial charge in [0.2, 0.25) is 5.91 Å². The summed E-state index contributed by atoms with van der Waals surface area (Å²) in [7, 11) is 0. The van der Waals surface area contributed by atoms with Crippen molar-refractivity contribution in [3.05, 3.63) is 0 Å². The van der Waals surface area contributed by atoms with Crippen molar-refractivity contribution < 1.29 is 19.0 Å². The van der Waals surface area contributed by atoms with Crippen LogP contribution in [-0.2, 0) is 19.0 Å². The van der Waals surface area contributed by atoms with Crippen molar-refractivity contribution in [2.75, 3.05) is 65.8 Å². The smallest absolute Gasteiger partial charge is 0.216 e. The van der Waals surface area contributed by atoms with Crippen LogP contribution in [0.25, 0.3) is 0 Å². The molecule has 0 aromatic carbocycles. The highest BCUT2D eigenvalue weighted by atomic mass is 16.5. The Kier molecular flexibility index (Phi) is 16.1. The van der Waals surface area contributed by atoms with Gasteiger partial charge in [0.05, 0.1) is 39.6 Å². The second-order valence-electron chi connectivity index (χ2n) is 5.18. The van der Waals surface area contributed by atoms with Crippen LogP contribution < -0.4 is 16.0 Å². The summed E-state index contributed by atoms with van der Waals surface area (Å²) < 4.78 is 16.2. The molecule has 0 atom stereocenters. The first-order chi connectivity index (χ1) is 10.6. The largest absolute Gasteiger partial charge is 0.378 e. The average Bonchev–Trinajstić information content (AvgIpc) is 2.46. The van der Waals surface area contributed by atoms with Crippen molar-refractivity contribution in [1.82, 2.24) is 16.0 Å². The number of rotatable bonds is 16. The van der Waals surface area contributed by atoms with Crippen LogP contribution in [0.4, 0.5) is 0 Å². The molecule has 22 heavy (non-hydrogen) atoms. The fourth-order valence-electron chi connectivity index (χ4n) is 1.56. The SMILES string of the molecule is CC(=O)NCCOCCNCCOCCOCCNC(C)C. The van der Waals surface area contributed by atoms with Crippen molar-refractivity contribution >= 4 is 5.91 Å². The third-order valence-electron chi connectivity index (χ3n) is 2.64. The molecule has 0 rings (SSSR count). The van der Waals surface area contributed by atoms with E-state index in [0.29, 0.717) is 45.6 Å². The van der Waals surface area contributed by atoms with Crippen LogP contribution in [0.2, 0.25) is 0 Å². The molecule has 0 aromatic heterocycles. The monoisotopic (exact) mass is 319 g/mol. The number of ether oxygens (including phenoxy) is 3. The lowest BCUT2D eigenvalue weighted by Crippen LogP contribution is -2.28. The molecule has 0 aliphatic rings. The van der Waals surface area contributed by atoms with Gasteiger partial charge in [-0.2, -0.15) is 0 Å². The van der Waals surface area contributed by atoms with Gasteiger partial charge in [-0.15, -0.1) is 0 Å². The Hall–Kier alpha value is -0.730. The maximum Gasteiger partial charge on any atom is 0.216 e. The summed E-state index contributed by atoms with van der Waals surface area (Å²) in [6.45, 7) is 12.5. The first-order valence-electron chi connectivity index (χ1n) is 8.04. The zero-order chi connectivity index (χ0) is 16.5. The number of hydrogen-bond acceptors (Lipinski definition) is 6. The van der Waals surface area contributed by atoms with Crippen molar-refractivity contribution in [2.45, 2.75) is 26.8 Å². The second-order valence-corrected chi connectivity index (χ2v) is 5.18. The lowest BCUT2D eigenvalue weighted by Gasteiger charge is -2.09. The third kappa shape index (κ3) is 19.3. The average molecular weight is 319 g/mol. The molecule has 0 radical (unpaired) electrons. The first-order valence-corrected chi connectivity index (χ1v) is 8.04. The Morgan fingerprint density at radius 3 is 1.86 bits per heavy atom. The van der Waals surface area contributed by atoms with Gasteiger partial charge in [0.25, 0.3) is 0 Å². The fourth-order valence-corrected chi connectivity index (χ4v) is 1.56. The van der Waals surface area contributed by atoms with Crippen LogP contribution in [0.5, 0.6) is 0 Å². The summed E-state index contributed by atoms with van der Waals surface area (Å²) >= 11 is 0. The fraction of sp³-hybridized carbons (Fsp3) is 0.933.